The predicted molar refractivity (Wildman–Crippen MR) is 107 cm³/mol. The third-order valence-electron chi connectivity index (χ3n) is 4.98. The molecule has 26 heavy (non-hydrogen) atoms. The molecule has 1 aromatic heterocycles. The van der Waals surface area contributed by atoms with Gasteiger partial charge in [0, 0.05) is 17.5 Å². The van der Waals surface area contributed by atoms with Gasteiger partial charge in [0.1, 0.15) is 5.75 Å². The number of carbonyl (C=O) groups is 1. The number of hydrogen-bond donors (Lipinski definition) is 1. The standard InChI is InChI=1S/C21H28N2O2S/c1-25-18-10-8-17(9-11-18)20-7-3-2-4-14-23(20)16-21(24)22-13-12-19-6-5-15-26-19/h5-6,8-11,15,20H,2-4,7,12-14,16H2,1H3,(H,22,24). The lowest BCUT2D eigenvalue weighted by molar-refractivity contribution is -0.122. The van der Waals surface area contributed by atoms with Crippen LogP contribution >= 0.6 is 11.3 Å². The largest absolute Gasteiger partial charge is 0.497 e. The van der Waals surface area contributed by atoms with Crippen molar-refractivity contribution in [1.29, 1.82) is 0 Å². The number of carbonyl (C=O) groups excluding carboxylic acids is 1. The lowest BCUT2D eigenvalue weighted by atomic mass is 10.0. The zero-order valence-corrected chi connectivity index (χ0v) is 16.3. The third-order valence-corrected chi connectivity index (χ3v) is 5.92. The Morgan fingerprint density at radius 3 is 2.81 bits per heavy atom. The van der Waals surface area contributed by atoms with Crippen molar-refractivity contribution >= 4 is 17.2 Å². The van der Waals surface area contributed by atoms with Gasteiger partial charge < -0.3 is 10.1 Å². The fourth-order valence-electron chi connectivity index (χ4n) is 3.58. The number of benzene rings is 1. The first-order valence-electron chi connectivity index (χ1n) is 9.43. The lowest BCUT2D eigenvalue weighted by Gasteiger charge is -2.29. The number of rotatable bonds is 7. The Bertz CT molecular complexity index is 670. The Morgan fingerprint density at radius 1 is 1.23 bits per heavy atom. The first kappa shape index (κ1) is 18.9. The van der Waals surface area contributed by atoms with Gasteiger partial charge in [0.25, 0.3) is 0 Å². The molecule has 0 radical (unpaired) electrons. The van der Waals surface area contributed by atoms with E-state index >= 15 is 0 Å². The summed E-state index contributed by atoms with van der Waals surface area (Å²) in [6, 6.07) is 12.8. The van der Waals surface area contributed by atoms with Crippen LogP contribution in [-0.2, 0) is 11.2 Å². The summed E-state index contributed by atoms with van der Waals surface area (Å²) in [5, 5.41) is 5.16. The number of amides is 1. The van der Waals surface area contributed by atoms with E-state index < -0.39 is 0 Å². The van der Waals surface area contributed by atoms with Gasteiger partial charge in [-0.1, -0.05) is 31.0 Å². The third kappa shape index (κ3) is 5.32. The van der Waals surface area contributed by atoms with E-state index in [0.29, 0.717) is 19.1 Å². The van der Waals surface area contributed by atoms with E-state index in [-0.39, 0.29) is 5.91 Å². The maximum atomic E-state index is 12.5. The molecule has 1 aliphatic heterocycles. The van der Waals surface area contributed by atoms with Gasteiger partial charge in [-0.05, 0) is 54.9 Å². The minimum absolute atomic E-state index is 0.127. The van der Waals surface area contributed by atoms with Gasteiger partial charge in [-0.2, -0.15) is 0 Å². The number of nitrogens with zero attached hydrogens (tertiary/aromatic N) is 1. The van der Waals surface area contributed by atoms with E-state index in [4.69, 9.17) is 4.74 Å². The first-order chi connectivity index (χ1) is 12.8. The van der Waals surface area contributed by atoms with Gasteiger partial charge in [0.2, 0.25) is 5.91 Å². The maximum Gasteiger partial charge on any atom is 0.234 e. The van der Waals surface area contributed by atoms with Crippen LogP contribution in [0.1, 0.15) is 42.2 Å². The van der Waals surface area contributed by atoms with Crippen molar-refractivity contribution in [2.45, 2.75) is 38.1 Å². The van der Waals surface area contributed by atoms with Crippen LogP contribution in [0.15, 0.2) is 41.8 Å². The SMILES string of the molecule is COc1ccc(C2CCCCCN2CC(=O)NCCc2cccs2)cc1. The molecule has 0 spiro atoms. The minimum atomic E-state index is 0.127. The Kier molecular flexibility index (Phi) is 7.09. The quantitative estimate of drug-likeness (QED) is 0.798. The van der Waals surface area contributed by atoms with Crippen molar-refractivity contribution in [3.8, 4) is 5.75 Å². The normalized spacial score (nSPS) is 18.3. The van der Waals surface area contributed by atoms with E-state index in [1.807, 2.05) is 12.1 Å². The molecule has 1 aliphatic rings. The van der Waals surface area contributed by atoms with E-state index in [1.54, 1.807) is 18.4 Å². The van der Waals surface area contributed by atoms with Gasteiger partial charge >= 0.3 is 0 Å². The molecule has 3 rings (SSSR count). The molecule has 4 nitrogen and oxygen atoms in total. The predicted octanol–water partition coefficient (Wildman–Crippen LogP) is 4.03. The molecular formula is C21H28N2O2S. The number of hydrogen-bond acceptors (Lipinski definition) is 4. The second kappa shape index (κ2) is 9.74. The Balaban J connectivity index is 1.57. The summed E-state index contributed by atoms with van der Waals surface area (Å²) >= 11 is 1.74. The number of nitrogens with one attached hydrogen (secondary N) is 1. The van der Waals surface area contributed by atoms with Crippen molar-refractivity contribution in [3.05, 3.63) is 52.2 Å². The summed E-state index contributed by atoms with van der Waals surface area (Å²) in [7, 11) is 1.69. The van der Waals surface area contributed by atoms with Gasteiger partial charge in [-0.3, -0.25) is 9.69 Å². The van der Waals surface area contributed by atoms with E-state index in [1.165, 1.54) is 23.3 Å². The Morgan fingerprint density at radius 2 is 2.08 bits per heavy atom. The maximum absolute atomic E-state index is 12.5. The molecule has 1 saturated heterocycles. The molecule has 1 amide bonds. The second-order valence-electron chi connectivity index (χ2n) is 6.79. The Labute approximate surface area is 160 Å². The molecule has 5 heteroatoms. The fraction of sp³-hybridized carbons (Fsp3) is 0.476. The summed E-state index contributed by atoms with van der Waals surface area (Å²) in [6.07, 6.45) is 5.63. The van der Waals surface area contributed by atoms with Crippen LogP contribution in [0, 0.1) is 0 Å². The molecule has 1 atom stereocenters. The summed E-state index contributed by atoms with van der Waals surface area (Å²) in [5.74, 6) is 1.00. The molecule has 140 valence electrons. The molecule has 2 aromatic rings. The van der Waals surface area contributed by atoms with Crippen LogP contribution < -0.4 is 10.1 Å². The van der Waals surface area contributed by atoms with Crippen LogP contribution in [-0.4, -0.2) is 37.6 Å². The highest BCUT2D eigenvalue weighted by Gasteiger charge is 2.24. The average molecular weight is 373 g/mol. The van der Waals surface area contributed by atoms with Crippen LogP contribution in [0.25, 0.3) is 0 Å². The summed E-state index contributed by atoms with van der Waals surface area (Å²) in [5.41, 5.74) is 1.28. The van der Waals surface area contributed by atoms with Gasteiger partial charge in [0.05, 0.1) is 13.7 Å². The van der Waals surface area contributed by atoms with Gasteiger partial charge in [-0.15, -0.1) is 11.3 Å². The molecule has 1 aromatic carbocycles. The van der Waals surface area contributed by atoms with Crippen LogP contribution in [0.3, 0.4) is 0 Å². The zero-order valence-electron chi connectivity index (χ0n) is 15.4. The molecule has 1 fully saturated rings. The van der Waals surface area contributed by atoms with Crippen molar-refractivity contribution in [2.24, 2.45) is 0 Å². The number of methoxy groups -OCH3 is 1. The lowest BCUT2D eigenvalue weighted by Crippen LogP contribution is -2.39. The smallest absolute Gasteiger partial charge is 0.234 e. The van der Waals surface area contributed by atoms with Crippen molar-refractivity contribution < 1.29 is 9.53 Å². The number of thiophene rings is 1. The van der Waals surface area contributed by atoms with E-state index in [2.05, 4.69) is 39.9 Å². The van der Waals surface area contributed by atoms with E-state index in [0.717, 1.165) is 31.6 Å². The topological polar surface area (TPSA) is 41.6 Å². The summed E-state index contributed by atoms with van der Waals surface area (Å²) < 4.78 is 5.27. The highest BCUT2D eigenvalue weighted by Crippen LogP contribution is 2.30. The van der Waals surface area contributed by atoms with Gasteiger partial charge in [-0.25, -0.2) is 0 Å². The van der Waals surface area contributed by atoms with Crippen molar-refractivity contribution in [2.75, 3.05) is 26.7 Å². The van der Waals surface area contributed by atoms with Crippen LogP contribution in [0.2, 0.25) is 0 Å². The second-order valence-corrected chi connectivity index (χ2v) is 7.82. The molecule has 0 bridgehead atoms. The summed E-state index contributed by atoms with van der Waals surface area (Å²) in [6.45, 7) is 2.16. The molecular weight excluding hydrogens is 344 g/mol. The first-order valence-corrected chi connectivity index (χ1v) is 10.3. The van der Waals surface area contributed by atoms with Crippen LogP contribution in [0.4, 0.5) is 0 Å². The van der Waals surface area contributed by atoms with Gasteiger partial charge in [0.15, 0.2) is 0 Å². The van der Waals surface area contributed by atoms with Crippen molar-refractivity contribution in [3.63, 3.8) is 0 Å². The summed E-state index contributed by atoms with van der Waals surface area (Å²) in [4.78, 5) is 16.1. The van der Waals surface area contributed by atoms with Crippen molar-refractivity contribution in [1.82, 2.24) is 10.2 Å². The average Bonchev–Trinajstić information content (AvgIpc) is 3.07. The Hall–Kier alpha value is -1.85. The minimum Gasteiger partial charge on any atom is -0.497 e. The molecule has 1 N–H and O–H groups in total. The highest BCUT2D eigenvalue weighted by molar-refractivity contribution is 7.09. The zero-order chi connectivity index (χ0) is 18.2. The van der Waals surface area contributed by atoms with E-state index in [9.17, 15) is 4.79 Å². The molecule has 1 unspecified atom stereocenters. The number of likely N-dealkylation sites (tertiary alicyclic amines) is 1. The fourth-order valence-corrected chi connectivity index (χ4v) is 4.29. The molecule has 0 aliphatic carbocycles. The molecule has 0 saturated carbocycles. The van der Waals surface area contributed by atoms with Crippen LogP contribution in [0.5, 0.6) is 5.75 Å². The monoisotopic (exact) mass is 372 g/mol. The molecule has 2 heterocycles. The highest BCUT2D eigenvalue weighted by atomic mass is 32.1. The number of ether oxygens (including phenoxy) is 1.